The van der Waals surface area contributed by atoms with Gasteiger partial charge in [0.2, 0.25) is 0 Å². The summed E-state index contributed by atoms with van der Waals surface area (Å²) in [6.45, 7) is 2.24. The van der Waals surface area contributed by atoms with Gasteiger partial charge in [-0.2, -0.15) is 0 Å². The number of benzene rings is 3. The summed E-state index contributed by atoms with van der Waals surface area (Å²) in [4.78, 5) is 0. The quantitative estimate of drug-likeness (QED) is 0.357. The van der Waals surface area contributed by atoms with Gasteiger partial charge in [0.1, 0.15) is 0 Å². The highest BCUT2D eigenvalue weighted by Gasteiger charge is 2.06. The van der Waals surface area contributed by atoms with Crippen molar-refractivity contribution in [2.24, 2.45) is 0 Å². The van der Waals surface area contributed by atoms with E-state index >= 15 is 0 Å². The summed E-state index contributed by atoms with van der Waals surface area (Å²) >= 11 is 10.1. The average Bonchev–Trinajstić information content (AvgIpc) is 2.63. The zero-order chi connectivity index (χ0) is 17.6. The molecule has 128 valence electrons. The van der Waals surface area contributed by atoms with Crippen molar-refractivity contribution >= 4 is 27.5 Å². The van der Waals surface area contributed by atoms with E-state index in [1.165, 1.54) is 36.0 Å². The molecule has 0 bridgehead atoms. The first-order chi connectivity index (χ1) is 12.2. The van der Waals surface area contributed by atoms with Crippen LogP contribution in [0.2, 0.25) is 5.02 Å². The van der Waals surface area contributed by atoms with Gasteiger partial charge < -0.3 is 0 Å². The molecule has 0 nitrogen and oxygen atoms in total. The molecule has 0 aliphatic rings. The van der Waals surface area contributed by atoms with E-state index in [0.29, 0.717) is 0 Å². The van der Waals surface area contributed by atoms with Crippen molar-refractivity contribution in [3.8, 4) is 22.3 Å². The highest BCUT2D eigenvalue weighted by molar-refractivity contribution is 9.10. The fraction of sp³-hybridized carbons (Fsp3) is 0.217. The Kier molecular flexibility index (Phi) is 6.34. The van der Waals surface area contributed by atoms with E-state index in [9.17, 15) is 0 Å². The molecule has 0 aromatic heterocycles. The van der Waals surface area contributed by atoms with Gasteiger partial charge in [0.25, 0.3) is 0 Å². The Bertz CT molecular complexity index is 820. The number of unbranched alkanes of at least 4 members (excludes halogenated alkanes) is 2. The fourth-order valence-electron chi connectivity index (χ4n) is 3.00. The second-order valence-electron chi connectivity index (χ2n) is 6.36. The SMILES string of the molecule is CCCCCc1ccc(-c2ccc(-c3ccc(Br)cc3)cc2Cl)cc1. The first kappa shape index (κ1) is 18.2. The monoisotopic (exact) mass is 412 g/mol. The smallest absolute Gasteiger partial charge is 0.0490 e. The molecule has 3 rings (SSSR count). The maximum atomic E-state index is 6.58. The van der Waals surface area contributed by atoms with Crippen molar-refractivity contribution in [1.82, 2.24) is 0 Å². The van der Waals surface area contributed by atoms with Crippen LogP contribution < -0.4 is 0 Å². The van der Waals surface area contributed by atoms with E-state index in [1.54, 1.807) is 0 Å². The first-order valence-electron chi connectivity index (χ1n) is 8.82. The molecule has 0 amide bonds. The number of aryl methyl sites for hydroxylation is 1. The van der Waals surface area contributed by atoms with E-state index in [0.717, 1.165) is 27.0 Å². The third-order valence-electron chi connectivity index (χ3n) is 4.48. The van der Waals surface area contributed by atoms with Crippen LogP contribution in [0.1, 0.15) is 31.7 Å². The average molecular weight is 414 g/mol. The maximum absolute atomic E-state index is 6.58. The number of hydrogen-bond acceptors (Lipinski definition) is 0. The van der Waals surface area contributed by atoms with Gasteiger partial charge in [-0.3, -0.25) is 0 Å². The Morgan fingerprint density at radius 1 is 0.760 bits per heavy atom. The molecule has 0 radical (unpaired) electrons. The van der Waals surface area contributed by atoms with Gasteiger partial charge in [0, 0.05) is 15.1 Å². The van der Waals surface area contributed by atoms with Crippen LogP contribution >= 0.6 is 27.5 Å². The minimum atomic E-state index is 0.791. The van der Waals surface area contributed by atoms with Crippen LogP contribution in [0.5, 0.6) is 0 Å². The van der Waals surface area contributed by atoms with Gasteiger partial charge in [-0.05, 0) is 53.3 Å². The Labute approximate surface area is 164 Å². The second kappa shape index (κ2) is 8.69. The summed E-state index contributed by atoms with van der Waals surface area (Å²) in [6.07, 6.45) is 4.98. The molecule has 0 saturated heterocycles. The fourth-order valence-corrected chi connectivity index (χ4v) is 3.56. The van der Waals surface area contributed by atoms with Crippen molar-refractivity contribution < 1.29 is 0 Å². The molecule has 0 unspecified atom stereocenters. The highest BCUT2D eigenvalue weighted by atomic mass is 79.9. The molecule has 0 aliphatic carbocycles. The van der Waals surface area contributed by atoms with Crippen LogP contribution in [-0.2, 0) is 6.42 Å². The van der Waals surface area contributed by atoms with E-state index in [-0.39, 0.29) is 0 Å². The molecule has 0 fully saturated rings. The molecule has 0 N–H and O–H groups in total. The van der Waals surface area contributed by atoms with Crippen molar-refractivity contribution in [3.05, 3.63) is 81.8 Å². The lowest BCUT2D eigenvalue weighted by atomic mass is 9.98. The van der Waals surface area contributed by atoms with Crippen LogP contribution in [0.15, 0.2) is 71.2 Å². The van der Waals surface area contributed by atoms with Gasteiger partial charge in [-0.1, -0.05) is 95.8 Å². The maximum Gasteiger partial charge on any atom is 0.0490 e. The lowest BCUT2D eigenvalue weighted by Crippen LogP contribution is -1.87. The van der Waals surface area contributed by atoms with Gasteiger partial charge >= 0.3 is 0 Å². The van der Waals surface area contributed by atoms with Gasteiger partial charge in [-0.15, -0.1) is 0 Å². The third kappa shape index (κ3) is 4.74. The number of halogens is 2. The van der Waals surface area contributed by atoms with Gasteiger partial charge in [0.05, 0.1) is 0 Å². The van der Waals surface area contributed by atoms with Crippen LogP contribution in [0.4, 0.5) is 0 Å². The molecule has 3 aromatic rings. The normalized spacial score (nSPS) is 10.8. The predicted molar refractivity (Wildman–Crippen MR) is 113 cm³/mol. The summed E-state index contributed by atoms with van der Waals surface area (Å²) in [7, 11) is 0. The van der Waals surface area contributed by atoms with E-state index in [4.69, 9.17) is 11.6 Å². The van der Waals surface area contributed by atoms with Crippen molar-refractivity contribution in [1.29, 1.82) is 0 Å². The molecule has 0 heterocycles. The third-order valence-corrected chi connectivity index (χ3v) is 5.32. The summed E-state index contributed by atoms with van der Waals surface area (Å²) in [5, 5.41) is 0.791. The van der Waals surface area contributed by atoms with Crippen LogP contribution in [0.25, 0.3) is 22.3 Å². The van der Waals surface area contributed by atoms with E-state index in [1.807, 2.05) is 0 Å². The Balaban J connectivity index is 1.79. The molecule has 0 saturated carbocycles. The number of hydrogen-bond donors (Lipinski definition) is 0. The lowest BCUT2D eigenvalue weighted by molar-refractivity contribution is 0.717. The molecular formula is C23H22BrCl. The number of rotatable bonds is 6. The highest BCUT2D eigenvalue weighted by Crippen LogP contribution is 2.33. The lowest BCUT2D eigenvalue weighted by Gasteiger charge is -2.09. The van der Waals surface area contributed by atoms with Gasteiger partial charge in [-0.25, -0.2) is 0 Å². The molecule has 0 atom stereocenters. The minimum absolute atomic E-state index is 0.791. The topological polar surface area (TPSA) is 0 Å². The van der Waals surface area contributed by atoms with Crippen molar-refractivity contribution in [2.75, 3.05) is 0 Å². The standard InChI is InChI=1S/C23H22BrCl/c1-2-3-4-5-17-6-8-19(9-7-17)22-15-12-20(16-23(22)25)18-10-13-21(24)14-11-18/h6-16H,2-5H2,1H3. The van der Waals surface area contributed by atoms with Crippen LogP contribution in [-0.4, -0.2) is 0 Å². The summed E-state index contributed by atoms with van der Waals surface area (Å²) < 4.78 is 1.08. The van der Waals surface area contributed by atoms with E-state index < -0.39 is 0 Å². The molecular weight excluding hydrogens is 392 g/mol. The molecule has 0 spiro atoms. The van der Waals surface area contributed by atoms with Crippen molar-refractivity contribution in [2.45, 2.75) is 32.6 Å². The Hall–Kier alpha value is -1.57. The van der Waals surface area contributed by atoms with Crippen LogP contribution in [0, 0.1) is 0 Å². The summed E-state index contributed by atoms with van der Waals surface area (Å²) in [5.74, 6) is 0. The Morgan fingerprint density at radius 3 is 2.04 bits per heavy atom. The van der Waals surface area contributed by atoms with Crippen molar-refractivity contribution in [3.63, 3.8) is 0 Å². The van der Waals surface area contributed by atoms with Crippen LogP contribution in [0.3, 0.4) is 0 Å². The molecule has 25 heavy (non-hydrogen) atoms. The zero-order valence-electron chi connectivity index (χ0n) is 14.4. The largest absolute Gasteiger partial charge is 0.0836 e. The van der Waals surface area contributed by atoms with E-state index in [2.05, 4.69) is 89.6 Å². The molecule has 0 aliphatic heterocycles. The summed E-state index contributed by atoms with van der Waals surface area (Å²) in [5.41, 5.74) is 5.97. The second-order valence-corrected chi connectivity index (χ2v) is 7.68. The van der Waals surface area contributed by atoms with Gasteiger partial charge in [0.15, 0.2) is 0 Å². The predicted octanol–water partition coefficient (Wildman–Crippen LogP) is 8.17. The summed E-state index contributed by atoms with van der Waals surface area (Å²) in [6, 6.07) is 23.4. The first-order valence-corrected chi connectivity index (χ1v) is 9.99. The molecule has 2 heteroatoms. The zero-order valence-corrected chi connectivity index (χ0v) is 16.8. The Morgan fingerprint density at radius 2 is 1.40 bits per heavy atom. The molecule has 3 aromatic carbocycles. The minimum Gasteiger partial charge on any atom is -0.0836 e.